The van der Waals surface area contributed by atoms with E-state index in [1.54, 1.807) is 6.07 Å². The zero-order chi connectivity index (χ0) is 15.7. The summed E-state index contributed by atoms with van der Waals surface area (Å²) >= 11 is 0. The first-order chi connectivity index (χ1) is 10.6. The normalized spacial score (nSPS) is 14.5. The number of nitrogens with two attached hydrogens (primary N) is 1. The van der Waals surface area contributed by atoms with Crippen LogP contribution >= 0.6 is 0 Å². The molecule has 0 atom stereocenters. The van der Waals surface area contributed by atoms with E-state index in [-0.39, 0.29) is 5.82 Å². The number of anilines is 1. The van der Waals surface area contributed by atoms with Gasteiger partial charge in [-0.1, -0.05) is 0 Å². The Balaban J connectivity index is 2.00. The number of hydrogen-bond donors (Lipinski definition) is 1. The van der Waals surface area contributed by atoms with Crippen LogP contribution in [-0.4, -0.2) is 25.6 Å². The van der Waals surface area contributed by atoms with Crippen molar-refractivity contribution in [1.82, 2.24) is 4.90 Å². The molecule has 22 heavy (non-hydrogen) atoms. The standard InChI is InChI=1S/C17H19FN2O2/c1-20-8-7-12-13(10-20)14(19)4-6-15(12)22-17-9-11(18)3-5-16(17)21-2/h3-6,9H,7-8,10,19H2,1-2H3. The van der Waals surface area contributed by atoms with E-state index in [1.165, 1.54) is 19.2 Å². The molecule has 0 aromatic heterocycles. The van der Waals surface area contributed by atoms with Gasteiger partial charge in [0.2, 0.25) is 0 Å². The first-order valence-corrected chi connectivity index (χ1v) is 7.18. The zero-order valence-corrected chi connectivity index (χ0v) is 12.7. The second-order valence-electron chi connectivity index (χ2n) is 5.50. The van der Waals surface area contributed by atoms with Crippen molar-refractivity contribution in [2.75, 3.05) is 26.4 Å². The molecule has 0 saturated heterocycles. The number of halogens is 1. The van der Waals surface area contributed by atoms with Gasteiger partial charge in [-0.2, -0.15) is 0 Å². The molecular weight excluding hydrogens is 283 g/mol. The lowest BCUT2D eigenvalue weighted by atomic mass is 9.97. The van der Waals surface area contributed by atoms with Crippen LogP contribution in [0.5, 0.6) is 17.2 Å². The lowest BCUT2D eigenvalue weighted by Gasteiger charge is -2.27. The summed E-state index contributed by atoms with van der Waals surface area (Å²) in [4.78, 5) is 2.21. The third-order valence-corrected chi connectivity index (χ3v) is 3.94. The molecule has 116 valence electrons. The van der Waals surface area contributed by atoms with Gasteiger partial charge in [0, 0.05) is 30.4 Å². The third-order valence-electron chi connectivity index (χ3n) is 3.94. The van der Waals surface area contributed by atoms with Gasteiger partial charge in [-0.25, -0.2) is 4.39 Å². The van der Waals surface area contributed by atoms with Crippen molar-refractivity contribution in [2.45, 2.75) is 13.0 Å². The summed E-state index contributed by atoms with van der Waals surface area (Å²) in [5.74, 6) is 1.22. The number of methoxy groups -OCH3 is 1. The maximum atomic E-state index is 13.5. The maximum Gasteiger partial charge on any atom is 0.172 e. The summed E-state index contributed by atoms with van der Waals surface area (Å²) in [6.45, 7) is 1.73. The minimum Gasteiger partial charge on any atom is -0.493 e. The molecule has 0 radical (unpaired) electrons. The summed E-state index contributed by atoms with van der Waals surface area (Å²) in [5, 5.41) is 0. The second kappa shape index (κ2) is 5.85. The van der Waals surface area contributed by atoms with Gasteiger partial charge >= 0.3 is 0 Å². The van der Waals surface area contributed by atoms with E-state index in [0.29, 0.717) is 17.2 Å². The molecule has 4 nitrogen and oxygen atoms in total. The van der Waals surface area contributed by atoms with Crippen molar-refractivity contribution >= 4 is 5.69 Å². The average molecular weight is 302 g/mol. The van der Waals surface area contributed by atoms with Crippen LogP contribution in [-0.2, 0) is 13.0 Å². The van der Waals surface area contributed by atoms with Crippen LogP contribution in [0.25, 0.3) is 0 Å². The number of rotatable bonds is 3. The van der Waals surface area contributed by atoms with E-state index in [9.17, 15) is 4.39 Å². The van der Waals surface area contributed by atoms with E-state index in [4.69, 9.17) is 15.2 Å². The smallest absolute Gasteiger partial charge is 0.172 e. The highest BCUT2D eigenvalue weighted by Gasteiger charge is 2.20. The minimum atomic E-state index is -0.361. The maximum absolute atomic E-state index is 13.5. The number of nitrogens with zero attached hydrogens (tertiary/aromatic N) is 1. The summed E-state index contributed by atoms with van der Waals surface area (Å²) in [7, 11) is 3.60. The topological polar surface area (TPSA) is 47.7 Å². The lowest BCUT2D eigenvalue weighted by Crippen LogP contribution is -2.27. The molecule has 3 rings (SSSR count). The number of benzene rings is 2. The van der Waals surface area contributed by atoms with Crippen molar-refractivity contribution in [2.24, 2.45) is 0 Å². The van der Waals surface area contributed by atoms with Crippen molar-refractivity contribution in [3.05, 3.63) is 47.3 Å². The Morgan fingerprint density at radius 2 is 1.86 bits per heavy atom. The second-order valence-corrected chi connectivity index (χ2v) is 5.50. The summed E-state index contributed by atoms with van der Waals surface area (Å²) in [6.07, 6.45) is 0.851. The van der Waals surface area contributed by atoms with Gasteiger partial charge in [0.25, 0.3) is 0 Å². The number of fused-ring (bicyclic) bond motifs is 1. The Labute approximate surface area is 129 Å². The van der Waals surface area contributed by atoms with Crippen LogP contribution in [0.4, 0.5) is 10.1 Å². The van der Waals surface area contributed by atoms with Gasteiger partial charge in [-0.05, 0) is 43.3 Å². The molecular formula is C17H19FN2O2. The largest absolute Gasteiger partial charge is 0.493 e. The van der Waals surface area contributed by atoms with Crippen molar-refractivity contribution in [1.29, 1.82) is 0 Å². The monoisotopic (exact) mass is 302 g/mol. The van der Waals surface area contributed by atoms with Crippen LogP contribution in [0.3, 0.4) is 0 Å². The molecule has 0 bridgehead atoms. The molecule has 2 aromatic carbocycles. The first kappa shape index (κ1) is 14.7. The molecule has 2 N–H and O–H groups in total. The van der Waals surface area contributed by atoms with Crippen LogP contribution in [0.15, 0.2) is 30.3 Å². The van der Waals surface area contributed by atoms with Gasteiger partial charge in [0.05, 0.1) is 7.11 Å². The van der Waals surface area contributed by atoms with Gasteiger partial charge in [0.1, 0.15) is 11.6 Å². The fourth-order valence-corrected chi connectivity index (χ4v) is 2.75. The molecule has 2 aromatic rings. The Morgan fingerprint density at radius 1 is 1.09 bits per heavy atom. The third kappa shape index (κ3) is 2.72. The zero-order valence-electron chi connectivity index (χ0n) is 12.7. The Hall–Kier alpha value is -2.27. The molecule has 1 aliphatic rings. The highest BCUT2D eigenvalue weighted by molar-refractivity contribution is 5.58. The van der Waals surface area contributed by atoms with Crippen LogP contribution in [0, 0.1) is 5.82 Å². The summed E-state index contributed by atoms with van der Waals surface area (Å²) in [5.41, 5.74) is 9.02. The fourth-order valence-electron chi connectivity index (χ4n) is 2.75. The Bertz CT molecular complexity index is 703. The molecule has 0 aliphatic carbocycles. The summed E-state index contributed by atoms with van der Waals surface area (Å²) in [6, 6.07) is 7.90. The molecule has 1 heterocycles. The predicted octanol–water partition coefficient (Wildman–Crippen LogP) is 3.20. The molecule has 0 amide bonds. The van der Waals surface area contributed by atoms with Crippen molar-refractivity contribution in [3.8, 4) is 17.2 Å². The highest BCUT2D eigenvalue weighted by atomic mass is 19.1. The van der Waals surface area contributed by atoms with Crippen LogP contribution in [0.2, 0.25) is 0 Å². The number of nitrogen functional groups attached to an aromatic ring is 1. The first-order valence-electron chi connectivity index (χ1n) is 7.18. The number of likely N-dealkylation sites (N-methyl/N-ethyl adjacent to an activating group) is 1. The Morgan fingerprint density at radius 3 is 2.64 bits per heavy atom. The van der Waals surface area contributed by atoms with E-state index in [1.807, 2.05) is 12.1 Å². The Kier molecular flexibility index (Phi) is 3.90. The summed E-state index contributed by atoms with van der Waals surface area (Å²) < 4.78 is 24.6. The van der Waals surface area contributed by atoms with Gasteiger partial charge in [-0.15, -0.1) is 0 Å². The van der Waals surface area contributed by atoms with Gasteiger partial charge in [0.15, 0.2) is 11.5 Å². The lowest BCUT2D eigenvalue weighted by molar-refractivity contribution is 0.308. The number of hydrogen-bond acceptors (Lipinski definition) is 4. The van der Waals surface area contributed by atoms with Crippen LogP contribution < -0.4 is 15.2 Å². The average Bonchev–Trinajstić information content (AvgIpc) is 2.50. The van der Waals surface area contributed by atoms with E-state index < -0.39 is 0 Å². The van der Waals surface area contributed by atoms with E-state index in [0.717, 1.165) is 36.3 Å². The van der Waals surface area contributed by atoms with E-state index in [2.05, 4.69) is 11.9 Å². The van der Waals surface area contributed by atoms with E-state index >= 15 is 0 Å². The quantitative estimate of drug-likeness (QED) is 0.885. The van der Waals surface area contributed by atoms with Crippen molar-refractivity contribution < 1.29 is 13.9 Å². The molecule has 0 saturated carbocycles. The van der Waals surface area contributed by atoms with Gasteiger partial charge in [-0.3, -0.25) is 0 Å². The SMILES string of the molecule is COc1ccc(F)cc1Oc1ccc(N)c2c1CCN(C)C2. The predicted molar refractivity (Wildman–Crippen MR) is 83.9 cm³/mol. The highest BCUT2D eigenvalue weighted by Crippen LogP contribution is 2.37. The number of ether oxygens (including phenoxy) is 2. The minimum absolute atomic E-state index is 0.361. The molecule has 0 fully saturated rings. The molecule has 5 heteroatoms. The molecule has 0 spiro atoms. The van der Waals surface area contributed by atoms with Crippen molar-refractivity contribution in [3.63, 3.8) is 0 Å². The van der Waals surface area contributed by atoms with Crippen LogP contribution in [0.1, 0.15) is 11.1 Å². The fraction of sp³-hybridized carbons (Fsp3) is 0.294. The molecule has 0 unspecified atom stereocenters. The molecule has 1 aliphatic heterocycles. The van der Waals surface area contributed by atoms with Gasteiger partial charge < -0.3 is 20.1 Å².